The van der Waals surface area contributed by atoms with E-state index in [1.165, 1.54) is 18.7 Å². The van der Waals surface area contributed by atoms with Crippen LogP contribution in [0.3, 0.4) is 0 Å². The SMILES string of the molecule is CO[C@H]1C[C@@H]2CC[C@@H](C)[C@@](O)(O2)C(=O)C(=O)N2CCCC[C@H]2C(=O)O[C@H]([C@@H](C)C[C@@H]2CC[C@@H](OC(=O)CCCCCNC(=O)c3c(I)c(NC(C)=O)c(I)c(NC(C)=O)c3I)[C@H](OC)C2)CC(=O)[C@H](C)/C=C(\C)[C@@H](O)[C@@H](C)C(=O)[C@H](C)C[C@H](C)/C=C/C=CC=C1C. The van der Waals surface area contributed by atoms with Crippen LogP contribution < -0.4 is 16.0 Å². The van der Waals surface area contributed by atoms with Crippen molar-refractivity contribution in [3.63, 3.8) is 0 Å². The number of carbonyl (C=O) groups excluding carboxylic acids is 9. The number of nitrogens with one attached hydrogen (secondary N) is 3. The molecule has 0 spiro atoms. The lowest BCUT2D eigenvalue weighted by atomic mass is 9.78. The van der Waals surface area contributed by atoms with E-state index in [0.29, 0.717) is 123 Å². The lowest BCUT2D eigenvalue weighted by Gasteiger charge is -2.42. The van der Waals surface area contributed by atoms with Crippen molar-refractivity contribution in [1.82, 2.24) is 10.2 Å². The minimum Gasteiger partial charge on any atom is -0.460 e. The van der Waals surface area contributed by atoms with E-state index in [1.807, 2.05) is 126 Å². The van der Waals surface area contributed by atoms with Crippen LogP contribution >= 0.6 is 67.8 Å². The number of nitrogens with zero attached hydrogens (tertiary/aromatic N) is 1. The number of rotatable bonds is 15. The van der Waals surface area contributed by atoms with Gasteiger partial charge in [-0.2, -0.15) is 0 Å². The summed E-state index contributed by atoms with van der Waals surface area (Å²) in [6, 6.07) is -1.20. The fourth-order valence-electron chi connectivity index (χ4n) is 12.8. The second-order valence-corrected chi connectivity index (χ2v) is 28.9. The van der Waals surface area contributed by atoms with Crippen LogP contribution in [0.5, 0.6) is 0 Å². The molecule has 15 atom stereocenters. The van der Waals surface area contributed by atoms with Crippen LogP contribution in [0.25, 0.3) is 0 Å². The van der Waals surface area contributed by atoms with Gasteiger partial charge in [-0.1, -0.05) is 84.4 Å². The van der Waals surface area contributed by atoms with E-state index in [9.17, 15) is 53.4 Å². The molecular formula is C68H97I3N4O16. The Morgan fingerprint density at radius 1 is 0.791 bits per heavy atom. The van der Waals surface area contributed by atoms with Crippen molar-refractivity contribution >= 4 is 132 Å². The van der Waals surface area contributed by atoms with Crippen molar-refractivity contribution < 1.29 is 77.0 Å². The number of Topliss-reactive ketones (excluding diaryl/α,β-unsaturated/α-hetero) is 3. The minimum absolute atomic E-state index is 0.00733. The Morgan fingerprint density at radius 3 is 2.10 bits per heavy atom. The fraction of sp³-hybridized carbons (Fsp3) is 0.662. The van der Waals surface area contributed by atoms with Crippen LogP contribution in [0.1, 0.15) is 182 Å². The van der Waals surface area contributed by atoms with Crippen molar-refractivity contribution in [3.05, 3.63) is 63.9 Å². The van der Waals surface area contributed by atoms with Crippen LogP contribution in [0, 0.1) is 52.1 Å². The van der Waals surface area contributed by atoms with E-state index in [-0.39, 0.29) is 78.8 Å². The maximum atomic E-state index is 14.7. The summed E-state index contributed by atoms with van der Waals surface area (Å²) in [6.07, 6.45) is 13.7. The maximum Gasteiger partial charge on any atom is 0.329 e. The number of benzene rings is 1. The number of fused-ring (bicyclic) bond motifs is 3. The van der Waals surface area contributed by atoms with Crippen LogP contribution in [-0.4, -0.2) is 144 Å². The molecule has 2 bridgehead atoms. The van der Waals surface area contributed by atoms with E-state index < -0.39 is 89.8 Å². The van der Waals surface area contributed by atoms with Gasteiger partial charge in [-0.05, 0) is 188 Å². The number of unbranched alkanes of at least 4 members (excludes halogenated alkanes) is 2. The summed E-state index contributed by atoms with van der Waals surface area (Å²) >= 11 is 6.07. The zero-order valence-electron chi connectivity index (χ0n) is 55.0. The summed E-state index contributed by atoms with van der Waals surface area (Å²) in [5.74, 6) is -10.3. The number of hydrogen-bond acceptors (Lipinski definition) is 16. The number of piperidine rings is 1. The highest BCUT2D eigenvalue weighted by molar-refractivity contribution is 14.1. The van der Waals surface area contributed by atoms with E-state index in [1.54, 1.807) is 48.0 Å². The number of hydrogen-bond donors (Lipinski definition) is 5. The Labute approximate surface area is 578 Å². The highest BCUT2D eigenvalue weighted by Gasteiger charge is 2.53. The molecule has 506 valence electrons. The molecule has 0 radical (unpaired) electrons. The Balaban J connectivity index is 1.29. The average molecular weight is 1610 g/mol. The van der Waals surface area contributed by atoms with E-state index in [2.05, 4.69) is 16.0 Å². The summed E-state index contributed by atoms with van der Waals surface area (Å²) in [6.45, 7) is 17.5. The topological polar surface area (TPSA) is 280 Å². The van der Waals surface area contributed by atoms with Gasteiger partial charge in [0.2, 0.25) is 17.6 Å². The molecule has 1 aromatic carbocycles. The second kappa shape index (κ2) is 36.8. The van der Waals surface area contributed by atoms with Gasteiger partial charge < -0.3 is 54.7 Å². The molecule has 0 aromatic heterocycles. The van der Waals surface area contributed by atoms with Gasteiger partial charge in [0.15, 0.2) is 0 Å². The molecule has 1 saturated carbocycles. The highest BCUT2D eigenvalue weighted by Crippen LogP contribution is 2.41. The number of allylic oxidation sites excluding steroid dienone is 6. The number of anilines is 2. The first-order valence-corrected chi connectivity index (χ1v) is 35.4. The lowest BCUT2D eigenvalue weighted by Crippen LogP contribution is -2.61. The molecule has 0 unspecified atom stereocenters. The number of methoxy groups -OCH3 is 2. The molecule has 3 heterocycles. The molecule has 5 rings (SSSR count). The molecular weight excluding hydrogens is 1510 g/mol. The molecule has 4 amide bonds. The van der Waals surface area contributed by atoms with Crippen LogP contribution in [-0.2, 0) is 62.0 Å². The molecule has 3 aliphatic heterocycles. The monoisotopic (exact) mass is 1610 g/mol. The van der Waals surface area contributed by atoms with Gasteiger partial charge in [0.1, 0.15) is 29.8 Å². The number of aliphatic hydroxyl groups excluding tert-OH is 1. The van der Waals surface area contributed by atoms with Crippen molar-refractivity contribution in [1.29, 1.82) is 0 Å². The van der Waals surface area contributed by atoms with Gasteiger partial charge in [0.25, 0.3) is 17.6 Å². The van der Waals surface area contributed by atoms with Gasteiger partial charge in [0, 0.05) is 84.1 Å². The molecule has 23 heteroatoms. The first-order valence-electron chi connectivity index (χ1n) is 32.1. The van der Waals surface area contributed by atoms with Crippen LogP contribution in [0.15, 0.2) is 47.6 Å². The van der Waals surface area contributed by atoms with E-state index in [0.717, 1.165) is 5.57 Å². The molecule has 1 aliphatic carbocycles. The summed E-state index contributed by atoms with van der Waals surface area (Å²) < 4.78 is 32.1. The first kappa shape index (κ1) is 77.7. The Bertz CT molecular complexity index is 2870. The number of esters is 2. The van der Waals surface area contributed by atoms with Gasteiger partial charge in [-0.25, -0.2) is 4.79 Å². The molecule has 2 saturated heterocycles. The second-order valence-electron chi connectivity index (χ2n) is 25.7. The predicted molar refractivity (Wildman–Crippen MR) is 371 cm³/mol. The Morgan fingerprint density at radius 2 is 1.46 bits per heavy atom. The highest BCUT2D eigenvalue weighted by atomic mass is 127. The minimum atomic E-state index is -2.47. The largest absolute Gasteiger partial charge is 0.460 e. The normalized spacial score (nSPS) is 31.0. The fourth-order valence-corrected chi connectivity index (χ4v) is 17.0. The van der Waals surface area contributed by atoms with Gasteiger partial charge >= 0.3 is 11.9 Å². The predicted octanol–water partition coefficient (Wildman–Crippen LogP) is 11.1. The number of halogens is 3. The standard InChI is InChI=1S/C68H97I3N4O16/c1-37-21-15-13-16-22-38(2)52(87-11)35-48-27-25-43(7)68(86,91-48)64(82)66(84)75-30-20-18-23-49(75)67(85)90-53(36-50(78)39(3)32-42(6)63(81)44(8)62(80)41(5)31-37)40(4)33-47-26-28-51(54(34-47)88-12)89-55(79)24-17-14-19-29-72-65(83)56-57(69)60(73-45(9)76)59(71)61(58(56)70)74-46(10)77/h13,15-16,21-22,32,37,39-41,43-44,47-49,51-54,63,81,86H,14,17-20,23-31,33-36H2,1-12H3,(H,72,83)(H,73,76)(H,74,77)/b16-13?,21-15+,38-22?,42-32+/t37-,39-,40+,41-,43-,44+,47+,48+,49+,51-,52+,53+,54-,63-,68-/m1/s1. The van der Waals surface area contributed by atoms with E-state index in [4.69, 9.17) is 23.7 Å². The number of ketones is 3. The molecule has 3 fully saturated rings. The third-order valence-corrected chi connectivity index (χ3v) is 21.6. The van der Waals surface area contributed by atoms with Gasteiger partial charge in [-0.15, -0.1) is 0 Å². The van der Waals surface area contributed by atoms with Crippen molar-refractivity contribution in [2.75, 3.05) is 37.9 Å². The maximum absolute atomic E-state index is 14.7. The van der Waals surface area contributed by atoms with Crippen molar-refractivity contribution in [2.45, 2.75) is 220 Å². The van der Waals surface area contributed by atoms with E-state index >= 15 is 0 Å². The molecule has 5 N–H and O–H groups in total. The van der Waals surface area contributed by atoms with Crippen molar-refractivity contribution in [3.8, 4) is 0 Å². The lowest BCUT2D eigenvalue weighted by molar-refractivity contribution is -0.265. The summed E-state index contributed by atoms with van der Waals surface area (Å²) in [5, 5.41) is 32.1. The first-order chi connectivity index (χ1) is 42.9. The summed E-state index contributed by atoms with van der Waals surface area (Å²) in [4.78, 5) is 124. The third kappa shape index (κ3) is 21.8. The summed E-state index contributed by atoms with van der Waals surface area (Å²) in [5.41, 5.74) is 2.50. The molecule has 1 aromatic rings. The van der Waals surface area contributed by atoms with Gasteiger partial charge in [-0.3, -0.25) is 38.4 Å². The number of cyclic esters (lactones) is 1. The number of carbonyl (C=O) groups is 9. The number of ether oxygens (including phenoxy) is 5. The van der Waals surface area contributed by atoms with Crippen LogP contribution in [0.2, 0.25) is 0 Å². The van der Waals surface area contributed by atoms with Crippen molar-refractivity contribution in [2.24, 2.45) is 41.4 Å². The molecule has 20 nitrogen and oxygen atoms in total. The smallest absolute Gasteiger partial charge is 0.329 e. The summed E-state index contributed by atoms with van der Waals surface area (Å²) in [7, 11) is 3.13. The Hall–Kier alpha value is -4.00. The third-order valence-electron chi connectivity index (χ3n) is 18.3. The number of aliphatic hydroxyl groups is 2. The quantitative estimate of drug-likeness (QED) is 0.0359. The number of amides is 4. The molecule has 91 heavy (non-hydrogen) atoms. The van der Waals surface area contributed by atoms with Crippen LogP contribution in [0.4, 0.5) is 11.4 Å². The zero-order valence-corrected chi connectivity index (χ0v) is 61.4. The average Bonchev–Trinajstić information content (AvgIpc) is 0.848. The zero-order chi connectivity index (χ0) is 67.6. The Kier molecular flexibility index (Phi) is 31.4. The van der Waals surface area contributed by atoms with Gasteiger partial charge in [0.05, 0.1) is 52.1 Å². The molecule has 4 aliphatic rings.